The lowest BCUT2D eigenvalue weighted by atomic mass is 10.0. The number of aliphatic hydroxyl groups is 1. The van der Waals surface area contributed by atoms with Gasteiger partial charge in [-0.2, -0.15) is 4.98 Å². The van der Waals surface area contributed by atoms with Crippen molar-refractivity contribution in [1.29, 1.82) is 0 Å². The number of hydrogen-bond donors (Lipinski definition) is 3. The largest absolute Gasteiger partial charge is 0.496 e. The first-order valence-corrected chi connectivity index (χ1v) is 13.5. The van der Waals surface area contributed by atoms with Gasteiger partial charge in [0.05, 0.1) is 37.2 Å². The monoisotopic (exact) mass is 535 g/mol. The molecule has 1 atom stereocenters. The predicted molar refractivity (Wildman–Crippen MR) is 160 cm³/mol. The number of ether oxygens (including phenoxy) is 1. The molecule has 204 valence electrons. The fourth-order valence-corrected chi connectivity index (χ4v) is 5.40. The highest BCUT2D eigenvalue weighted by Crippen LogP contribution is 2.34. The molecule has 2 aromatic heterocycles. The fourth-order valence-electron chi connectivity index (χ4n) is 5.40. The first-order valence-electron chi connectivity index (χ1n) is 13.5. The summed E-state index contributed by atoms with van der Waals surface area (Å²) in [5.74, 6) is 2.70. The number of methoxy groups -OCH3 is 1. The summed E-state index contributed by atoms with van der Waals surface area (Å²) in [6.45, 7) is 5.03. The Hall–Kier alpha value is -4.63. The van der Waals surface area contributed by atoms with E-state index in [2.05, 4.69) is 46.4 Å². The lowest BCUT2D eigenvalue weighted by molar-refractivity contribution is 0.266. The van der Waals surface area contributed by atoms with Gasteiger partial charge in [-0.3, -0.25) is 0 Å². The third-order valence-electron chi connectivity index (χ3n) is 7.70. The molecule has 0 unspecified atom stereocenters. The summed E-state index contributed by atoms with van der Waals surface area (Å²) in [5, 5.41) is 14.3. The molecule has 5 aromatic rings. The lowest BCUT2D eigenvalue weighted by Gasteiger charge is -2.26. The maximum Gasteiger partial charge on any atom is 0.230 e. The van der Waals surface area contributed by atoms with Crippen LogP contribution in [0, 0.1) is 13.8 Å². The number of imidazole rings is 1. The summed E-state index contributed by atoms with van der Waals surface area (Å²) in [4.78, 5) is 16.6. The van der Waals surface area contributed by atoms with Crippen LogP contribution in [0.15, 0.2) is 67.1 Å². The number of nitrogens with two attached hydrogens (primary N) is 1. The summed E-state index contributed by atoms with van der Waals surface area (Å²) < 4.78 is 7.50. The molecular weight excluding hydrogens is 502 g/mol. The minimum atomic E-state index is 0.0264. The average molecular weight is 536 g/mol. The average Bonchev–Trinajstić information content (AvgIpc) is 3.63. The Labute approximate surface area is 233 Å². The number of nitrogen functional groups attached to an aromatic ring is 1. The minimum absolute atomic E-state index is 0.0264. The SMILES string of the molecule is COc1cc(-n2cnc(Nc3nc(N4CCC[C@H]4CO)c4ccc(-c5cccc(N)c5)cc4n3)c2)cc(C)c1C. The van der Waals surface area contributed by atoms with Gasteiger partial charge in [0.25, 0.3) is 0 Å². The van der Waals surface area contributed by atoms with Gasteiger partial charge in [-0.25, -0.2) is 9.97 Å². The van der Waals surface area contributed by atoms with E-state index in [-0.39, 0.29) is 12.6 Å². The van der Waals surface area contributed by atoms with E-state index in [9.17, 15) is 5.11 Å². The third-order valence-corrected chi connectivity index (χ3v) is 7.70. The Balaban J connectivity index is 1.40. The molecule has 0 bridgehead atoms. The Morgan fingerprint density at radius 1 is 1.07 bits per heavy atom. The van der Waals surface area contributed by atoms with Gasteiger partial charge < -0.3 is 30.4 Å². The van der Waals surface area contributed by atoms with E-state index in [1.165, 1.54) is 0 Å². The zero-order valence-electron chi connectivity index (χ0n) is 22.9. The molecule has 4 N–H and O–H groups in total. The van der Waals surface area contributed by atoms with Gasteiger partial charge in [-0.15, -0.1) is 0 Å². The van der Waals surface area contributed by atoms with Crippen molar-refractivity contribution in [2.24, 2.45) is 0 Å². The summed E-state index contributed by atoms with van der Waals surface area (Å²) in [6.07, 6.45) is 5.60. The topological polar surface area (TPSA) is 114 Å². The number of aryl methyl sites for hydroxylation is 1. The first-order chi connectivity index (χ1) is 19.4. The van der Waals surface area contributed by atoms with Crippen molar-refractivity contribution in [1.82, 2.24) is 19.5 Å². The van der Waals surface area contributed by atoms with Crippen LogP contribution >= 0.6 is 0 Å². The van der Waals surface area contributed by atoms with E-state index in [0.717, 1.165) is 69.8 Å². The molecule has 3 aromatic carbocycles. The molecule has 3 heterocycles. The van der Waals surface area contributed by atoms with Crippen LogP contribution in [0.5, 0.6) is 5.75 Å². The maximum atomic E-state index is 10.0. The van der Waals surface area contributed by atoms with Crippen molar-refractivity contribution in [2.75, 3.05) is 36.2 Å². The van der Waals surface area contributed by atoms with Crippen LogP contribution in [0.1, 0.15) is 24.0 Å². The van der Waals surface area contributed by atoms with Crippen LogP contribution in [0.4, 0.5) is 23.3 Å². The Morgan fingerprint density at radius 3 is 2.73 bits per heavy atom. The van der Waals surface area contributed by atoms with Crippen molar-refractivity contribution in [3.63, 3.8) is 0 Å². The zero-order chi connectivity index (χ0) is 27.8. The quantitative estimate of drug-likeness (QED) is 0.238. The van der Waals surface area contributed by atoms with Crippen LogP contribution in [0.25, 0.3) is 27.7 Å². The Morgan fingerprint density at radius 2 is 1.93 bits per heavy atom. The Kier molecular flexibility index (Phi) is 6.73. The van der Waals surface area contributed by atoms with Crippen molar-refractivity contribution in [3.05, 3.63) is 78.2 Å². The second kappa shape index (κ2) is 10.5. The first kappa shape index (κ1) is 25.6. The van der Waals surface area contributed by atoms with Crippen LogP contribution in [-0.4, -0.2) is 50.9 Å². The summed E-state index contributed by atoms with van der Waals surface area (Å²) in [7, 11) is 1.68. The number of anilines is 4. The van der Waals surface area contributed by atoms with Crippen LogP contribution in [0.3, 0.4) is 0 Å². The molecule has 0 amide bonds. The molecule has 6 rings (SSSR count). The molecule has 0 saturated carbocycles. The molecule has 1 fully saturated rings. The van der Waals surface area contributed by atoms with Crippen LogP contribution < -0.4 is 20.7 Å². The Bertz CT molecular complexity index is 1700. The van der Waals surface area contributed by atoms with E-state index in [4.69, 9.17) is 20.4 Å². The molecule has 40 heavy (non-hydrogen) atoms. The highest BCUT2D eigenvalue weighted by atomic mass is 16.5. The van der Waals surface area contributed by atoms with Gasteiger partial charge in [0, 0.05) is 23.7 Å². The highest BCUT2D eigenvalue weighted by molar-refractivity contribution is 5.94. The normalized spacial score (nSPS) is 15.1. The molecule has 1 aliphatic rings. The maximum absolute atomic E-state index is 10.0. The van der Waals surface area contributed by atoms with E-state index in [1.54, 1.807) is 13.4 Å². The van der Waals surface area contributed by atoms with Gasteiger partial charge in [0.1, 0.15) is 17.9 Å². The standard InChI is InChI=1S/C31H33N7O2/c1-19-12-25(15-28(40-3)20(19)2)37-16-29(33-18-37)35-31-34-27-14-22(21-6-4-7-23(32)13-21)9-10-26(27)30(36-31)38-11-5-8-24(38)17-39/h4,6-7,9-10,12-16,18,24,39H,5,8,11,17,32H2,1-3H3,(H,34,35,36)/t24-/m0/s1. The molecule has 9 nitrogen and oxygen atoms in total. The van der Waals surface area contributed by atoms with Crippen molar-refractivity contribution >= 4 is 34.2 Å². The summed E-state index contributed by atoms with van der Waals surface area (Å²) in [6, 6.07) is 18.1. The number of hydrogen-bond acceptors (Lipinski definition) is 8. The minimum Gasteiger partial charge on any atom is -0.496 e. The number of aliphatic hydroxyl groups excluding tert-OH is 1. The van der Waals surface area contributed by atoms with E-state index < -0.39 is 0 Å². The number of fused-ring (bicyclic) bond motifs is 1. The number of benzene rings is 3. The fraction of sp³-hybridized carbons (Fsp3) is 0.258. The number of nitrogens with zero attached hydrogens (tertiary/aromatic N) is 5. The number of rotatable bonds is 7. The molecule has 0 aliphatic carbocycles. The van der Waals surface area contributed by atoms with Gasteiger partial charge in [-0.05, 0) is 79.3 Å². The molecule has 0 spiro atoms. The molecule has 9 heteroatoms. The van der Waals surface area contributed by atoms with Crippen LogP contribution in [0.2, 0.25) is 0 Å². The smallest absolute Gasteiger partial charge is 0.230 e. The van der Waals surface area contributed by atoms with Crippen molar-refractivity contribution in [2.45, 2.75) is 32.7 Å². The van der Waals surface area contributed by atoms with Gasteiger partial charge >= 0.3 is 0 Å². The second-order valence-electron chi connectivity index (χ2n) is 10.3. The lowest BCUT2D eigenvalue weighted by Crippen LogP contribution is -2.33. The molecule has 1 saturated heterocycles. The third kappa shape index (κ3) is 4.80. The second-order valence-corrected chi connectivity index (χ2v) is 10.3. The predicted octanol–water partition coefficient (Wildman–Crippen LogP) is 5.39. The number of aromatic nitrogens is 4. The van der Waals surface area contributed by atoms with E-state index >= 15 is 0 Å². The van der Waals surface area contributed by atoms with Crippen molar-refractivity contribution < 1.29 is 9.84 Å². The number of nitrogens with one attached hydrogen (secondary N) is 1. The van der Waals surface area contributed by atoms with E-state index in [0.29, 0.717) is 17.5 Å². The van der Waals surface area contributed by atoms with Crippen molar-refractivity contribution in [3.8, 4) is 22.6 Å². The van der Waals surface area contributed by atoms with Crippen LogP contribution in [-0.2, 0) is 0 Å². The van der Waals surface area contributed by atoms with Gasteiger partial charge in [0.2, 0.25) is 5.95 Å². The van der Waals surface area contributed by atoms with Gasteiger partial charge in [0.15, 0.2) is 5.82 Å². The molecule has 1 aliphatic heterocycles. The van der Waals surface area contributed by atoms with Gasteiger partial charge in [-0.1, -0.05) is 18.2 Å². The summed E-state index contributed by atoms with van der Waals surface area (Å²) >= 11 is 0. The zero-order valence-corrected chi connectivity index (χ0v) is 22.9. The molecule has 0 radical (unpaired) electrons. The molecular formula is C31H33N7O2. The van der Waals surface area contributed by atoms with E-state index in [1.807, 2.05) is 48.0 Å². The summed E-state index contributed by atoms with van der Waals surface area (Å²) in [5.41, 5.74) is 12.8. The highest BCUT2D eigenvalue weighted by Gasteiger charge is 2.27.